The minimum Gasteiger partial charge on any atom is -0.494 e. The van der Waals surface area contributed by atoms with E-state index < -0.39 is 0 Å². The van der Waals surface area contributed by atoms with Crippen LogP contribution in [-0.4, -0.2) is 37.2 Å². The van der Waals surface area contributed by atoms with E-state index >= 15 is 0 Å². The number of carbonyl (C=O) groups excluding carboxylic acids is 1. The molecule has 0 spiro atoms. The Labute approximate surface area is 196 Å². The van der Waals surface area contributed by atoms with Crippen molar-refractivity contribution in [2.75, 3.05) is 11.9 Å². The van der Waals surface area contributed by atoms with Crippen molar-refractivity contribution in [3.63, 3.8) is 0 Å². The molecule has 170 valence electrons. The summed E-state index contributed by atoms with van der Waals surface area (Å²) < 4.78 is 7.05. The molecule has 1 aromatic carbocycles. The van der Waals surface area contributed by atoms with Gasteiger partial charge in [-0.3, -0.25) is 4.79 Å². The third-order valence-corrected chi connectivity index (χ3v) is 5.73. The highest BCUT2D eigenvalue weighted by Crippen LogP contribution is 2.27. The smallest absolute Gasteiger partial charge is 0.252 e. The highest BCUT2D eigenvalue weighted by molar-refractivity contribution is 7.13. The zero-order valence-corrected chi connectivity index (χ0v) is 19.9. The summed E-state index contributed by atoms with van der Waals surface area (Å²) in [7, 11) is 0. The largest absolute Gasteiger partial charge is 0.494 e. The zero-order valence-electron chi connectivity index (χ0n) is 19.1. The lowest BCUT2D eigenvalue weighted by Gasteiger charge is -2.13. The predicted octanol–water partition coefficient (Wildman–Crippen LogP) is 4.66. The van der Waals surface area contributed by atoms with Gasteiger partial charge in [-0.05, 0) is 37.3 Å². The van der Waals surface area contributed by atoms with Crippen LogP contribution in [-0.2, 0) is 16.6 Å². The molecule has 0 fully saturated rings. The molecule has 0 aliphatic heterocycles. The van der Waals surface area contributed by atoms with Gasteiger partial charge in [0.2, 0.25) is 5.91 Å². The number of carbonyl (C=O) groups is 1. The van der Waals surface area contributed by atoms with Crippen molar-refractivity contribution in [2.45, 2.75) is 39.5 Å². The number of rotatable bonds is 7. The van der Waals surface area contributed by atoms with E-state index in [-0.39, 0.29) is 17.7 Å². The fraction of sp³-hybridized carbons (Fsp3) is 0.292. The van der Waals surface area contributed by atoms with Crippen molar-refractivity contribution in [1.82, 2.24) is 24.7 Å². The van der Waals surface area contributed by atoms with E-state index in [9.17, 15) is 4.79 Å². The SMILES string of the molecule is CCOc1ccc(-c2nc(CC(=O)Nc3cc(C(C)(C)C)nn3-c3ncccn3)cs2)cc1. The molecule has 3 heterocycles. The summed E-state index contributed by atoms with van der Waals surface area (Å²) in [6, 6.07) is 11.4. The van der Waals surface area contributed by atoms with Crippen LogP contribution in [0.3, 0.4) is 0 Å². The van der Waals surface area contributed by atoms with Crippen molar-refractivity contribution in [3.8, 4) is 22.3 Å². The van der Waals surface area contributed by atoms with Gasteiger partial charge < -0.3 is 10.1 Å². The van der Waals surface area contributed by atoms with Gasteiger partial charge >= 0.3 is 0 Å². The van der Waals surface area contributed by atoms with Crippen molar-refractivity contribution < 1.29 is 9.53 Å². The van der Waals surface area contributed by atoms with Crippen molar-refractivity contribution in [1.29, 1.82) is 0 Å². The van der Waals surface area contributed by atoms with E-state index in [1.807, 2.05) is 42.6 Å². The van der Waals surface area contributed by atoms with Gasteiger partial charge in [0.25, 0.3) is 5.95 Å². The second-order valence-electron chi connectivity index (χ2n) is 8.45. The van der Waals surface area contributed by atoms with Crippen LogP contribution in [0.4, 0.5) is 5.82 Å². The molecule has 0 radical (unpaired) electrons. The number of ether oxygens (including phenoxy) is 1. The van der Waals surface area contributed by atoms with Gasteiger partial charge in [-0.25, -0.2) is 15.0 Å². The van der Waals surface area contributed by atoms with E-state index in [1.165, 1.54) is 11.3 Å². The van der Waals surface area contributed by atoms with Crippen LogP contribution in [0.15, 0.2) is 54.2 Å². The number of aromatic nitrogens is 5. The molecule has 0 unspecified atom stereocenters. The first-order valence-corrected chi connectivity index (χ1v) is 11.6. The Morgan fingerprint density at radius 3 is 2.55 bits per heavy atom. The Hall–Kier alpha value is -3.59. The van der Waals surface area contributed by atoms with E-state index in [4.69, 9.17) is 4.74 Å². The maximum atomic E-state index is 12.8. The molecule has 0 saturated heterocycles. The molecule has 8 nitrogen and oxygen atoms in total. The maximum Gasteiger partial charge on any atom is 0.252 e. The van der Waals surface area contributed by atoms with Crippen LogP contribution in [0.5, 0.6) is 5.75 Å². The summed E-state index contributed by atoms with van der Waals surface area (Å²) in [5.74, 6) is 1.56. The predicted molar refractivity (Wildman–Crippen MR) is 129 cm³/mol. The second kappa shape index (κ2) is 9.50. The molecule has 0 bridgehead atoms. The topological polar surface area (TPSA) is 94.8 Å². The molecule has 0 saturated carbocycles. The molecule has 4 rings (SSSR count). The number of nitrogens with one attached hydrogen (secondary N) is 1. The van der Waals surface area contributed by atoms with Crippen LogP contribution in [0, 0.1) is 0 Å². The normalized spacial score (nSPS) is 11.4. The summed E-state index contributed by atoms with van der Waals surface area (Å²) in [6.45, 7) is 8.77. The van der Waals surface area contributed by atoms with Crippen molar-refractivity contribution in [3.05, 3.63) is 65.6 Å². The number of nitrogens with zero attached hydrogens (tertiary/aromatic N) is 5. The lowest BCUT2D eigenvalue weighted by atomic mass is 9.92. The minimum atomic E-state index is -0.193. The minimum absolute atomic E-state index is 0.152. The summed E-state index contributed by atoms with van der Waals surface area (Å²) in [5.41, 5.74) is 2.33. The number of thiazole rings is 1. The molecule has 9 heteroatoms. The van der Waals surface area contributed by atoms with Crippen LogP contribution in [0.2, 0.25) is 0 Å². The van der Waals surface area contributed by atoms with Crippen molar-refractivity contribution >= 4 is 23.1 Å². The molecule has 1 N–H and O–H groups in total. The average Bonchev–Trinajstić information content (AvgIpc) is 3.42. The number of anilines is 1. The maximum absolute atomic E-state index is 12.8. The number of hydrogen-bond acceptors (Lipinski definition) is 7. The highest BCUT2D eigenvalue weighted by Gasteiger charge is 2.22. The molecule has 33 heavy (non-hydrogen) atoms. The zero-order chi connectivity index (χ0) is 23.4. The van der Waals surface area contributed by atoms with E-state index in [1.54, 1.807) is 23.1 Å². The van der Waals surface area contributed by atoms with Crippen LogP contribution >= 0.6 is 11.3 Å². The van der Waals surface area contributed by atoms with E-state index in [0.717, 1.165) is 22.0 Å². The molecule has 4 aromatic rings. The standard InChI is InChI=1S/C24H26N6O2S/c1-5-32-18-9-7-16(8-10-18)22-27-17(15-33-22)13-21(31)28-20-14-19(24(2,3)4)29-30(20)23-25-11-6-12-26-23/h6-12,14-15H,5,13H2,1-4H3,(H,28,31). The average molecular weight is 463 g/mol. The Morgan fingerprint density at radius 1 is 1.15 bits per heavy atom. The molecule has 0 aliphatic carbocycles. The quantitative estimate of drug-likeness (QED) is 0.429. The lowest BCUT2D eigenvalue weighted by Crippen LogP contribution is -2.18. The van der Waals surface area contributed by atoms with Gasteiger partial charge in [-0.2, -0.15) is 9.78 Å². The summed E-state index contributed by atoms with van der Waals surface area (Å²) >= 11 is 1.51. The van der Waals surface area contributed by atoms with E-state index in [2.05, 4.69) is 46.1 Å². The molecular weight excluding hydrogens is 436 g/mol. The second-order valence-corrected chi connectivity index (χ2v) is 9.31. The molecule has 0 atom stereocenters. The third-order valence-electron chi connectivity index (χ3n) is 4.79. The van der Waals surface area contributed by atoms with Gasteiger partial charge in [-0.15, -0.1) is 11.3 Å². The van der Waals surface area contributed by atoms with E-state index in [0.29, 0.717) is 24.1 Å². The number of benzene rings is 1. The summed E-state index contributed by atoms with van der Waals surface area (Å²) in [4.78, 5) is 26.0. The Bertz CT molecular complexity index is 1230. The Morgan fingerprint density at radius 2 is 1.88 bits per heavy atom. The fourth-order valence-corrected chi connectivity index (χ4v) is 3.95. The van der Waals surface area contributed by atoms with Gasteiger partial charge in [0.1, 0.15) is 16.6 Å². The van der Waals surface area contributed by atoms with Gasteiger partial charge in [0.05, 0.1) is 24.4 Å². The fourth-order valence-electron chi connectivity index (χ4n) is 3.12. The number of amides is 1. The van der Waals surface area contributed by atoms with Crippen LogP contribution in [0.25, 0.3) is 16.5 Å². The first-order chi connectivity index (χ1) is 15.8. The monoisotopic (exact) mass is 462 g/mol. The molecular formula is C24H26N6O2S. The van der Waals surface area contributed by atoms with Gasteiger partial charge in [0, 0.05) is 34.8 Å². The van der Waals surface area contributed by atoms with Crippen LogP contribution in [0.1, 0.15) is 39.1 Å². The van der Waals surface area contributed by atoms with Gasteiger partial charge in [-0.1, -0.05) is 20.8 Å². The summed E-state index contributed by atoms with van der Waals surface area (Å²) in [6.07, 6.45) is 3.44. The Kier molecular flexibility index (Phi) is 6.50. The Balaban J connectivity index is 1.50. The third kappa shape index (κ3) is 5.43. The highest BCUT2D eigenvalue weighted by atomic mass is 32.1. The number of hydrogen-bond donors (Lipinski definition) is 1. The van der Waals surface area contributed by atoms with Gasteiger partial charge in [0.15, 0.2) is 0 Å². The van der Waals surface area contributed by atoms with Crippen molar-refractivity contribution in [2.24, 2.45) is 0 Å². The first kappa shape index (κ1) is 22.6. The lowest BCUT2D eigenvalue weighted by molar-refractivity contribution is -0.115. The summed E-state index contributed by atoms with van der Waals surface area (Å²) in [5, 5.41) is 10.3. The molecule has 0 aliphatic rings. The molecule has 1 amide bonds. The van der Waals surface area contributed by atoms with Crippen LogP contribution < -0.4 is 10.1 Å². The first-order valence-electron chi connectivity index (χ1n) is 10.7. The molecule has 3 aromatic heterocycles.